The Hall–Kier alpha value is -1.63. The highest BCUT2D eigenvalue weighted by atomic mass is 16.8. The molecular formula is C23H38O7. The van der Waals surface area contributed by atoms with Crippen molar-refractivity contribution in [3.63, 3.8) is 0 Å². The van der Waals surface area contributed by atoms with Gasteiger partial charge >= 0.3 is 12.1 Å². The summed E-state index contributed by atoms with van der Waals surface area (Å²) in [5.41, 5.74) is -1.73. The fourth-order valence-corrected chi connectivity index (χ4v) is 5.31. The minimum absolute atomic E-state index is 0.0212. The second kappa shape index (κ2) is 9.25. The monoisotopic (exact) mass is 426 g/mol. The predicted molar refractivity (Wildman–Crippen MR) is 111 cm³/mol. The molecule has 2 saturated heterocycles. The molecule has 0 saturated carbocycles. The van der Waals surface area contributed by atoms with E-state index in [2.05, 4.69) is 6.92 Å². The molecular weight excluding hydrogens is 388 g/mol. The largest absolute Gasteiger partial charge is 0.509 e. The van der Waals surface area contributed by atoms with E-state index < -0.39 is 35.5 Å². The van der Waals surface area contributed by atoms with Crippen molar-refractivity contribution in [2.45, 2.75) is 97.6 Å². The molecule has 0 N–H and O–H groups in total. The standard InChI is InChI=1S/C23H38O7/c1-9-17-23(7)19(29-21(26)30-23)16(5)18(24)15(4)12-22(6,27-8)11-13(2)10-14(3)20(25)28-17/h13-17,19H,9-12H2,1-8H3/t13-,14?,15+,16-,17?,19+,22-,23+/m0/s1. The van der Waals surface area contributed by atoms with Crippen LogP contribution in [0, 0.1) is 23.7 Å². The Bertz CT molecular complexity index is 662. The normalized spacial score (nSPS) is 43.8. The van der Waals surface area contributed by atoms with Gasteiger partial charge in [0.05, 0.1) is 17.4 Å². The summed E-state index contributed by atoms with van der Waals surface area (Å²) >= 11 is 0. The summed E-state index contributed by atoms with van der Waals surface area (Å²) in [5.74, 6) is -1.36. The van der Waals surface area contributed by atoms with Crippen LogP contribution in [0.1, 0.15) is 74.1 Å². The molecule has 30 heavy (non-hydrogen) atoms. The highest BCUT2D eigenvalue weighted by Crippen LogP contribution is 2.40. The van der Waals surface area contributed by atoms with Gasteiger partial charge in [0, 0.05) is 13.0 Å². The summed E-state index contributed by atoms with van der Waals surface area (Å²) in [5, 5.41) is 0. The van der Waals surface area contributed by atoms with Gasteiger partial charge in [0.2, 0.25) is 0 Å². The van der Waals surface area contributed by atoms with Crippen molar-refractivity contribution in [1.82, 2.24) is 0 Å². The van der Waals surface area contributed by atoms with Crippen LogP contribution in [0.25, 0.3) is 0 Å². The molecule has 8 atom stereocenters. The van der Waals surface area contributed by atoms with E-state index in [1.807, 2.05) is 27.7 Å². The third kappa shape index (κ3) is 4.98. The average Bonchev–Trinajstić information content (AvgIpc) is 2.98. The van der Waals surface area contributed by atoms with Gasteiger partial charge in [-0.15, -0.1) is 0 Å². The summed E-state index contributed by atoms with van der Waals surface area (Å²) in [6.45, 7) is 13.1. The Morgan fingerprint density at radius 3 is 2.20 bits per heavy atom. The molecule has 2 aliphatic heterocycles. The number of Topliss-reactive ketones (excluding diaryl/α,β-unsaturated/α-hetero) is 1. The van der Waals surface area contributed by atoms with Crippen molar-refractivity contribution < 1.29 is 33.3 Å². The van der Waals surface area contributed by atoms with Crippen LogP contribution in [0.4, 0.5) is 4.79 Å². The number of ketones is 1. The van der Waals surface area contributed by atoms with Crippen LogP contribution in [-0.2, 0) is 28.5 Å². The number of esters is 1. The molecule has 0 aliphatic carbocycles. The Morgan fingerprint density at radius 2 is 1.63 bits per heavy atom. The summed E-state index contributed by atoms with van der Waals surface area (Å²) in [6.07, 6.45) is -0.00805. The number of rotatable bonds is 2. The maximum absolute atomic E-state index is 13.3. The van der Waals surface area contributed by atoms with E-state index in [4.69, 9.17) is 18.9 Å². The zero-order valence-electron chi connectivity index (χ0n) is 19.7. The van der Waals surface area contributed by atoms with Crippen molar-refractivity contribution in [3.8, 4) is 0 Å². The van der Waals surface area contributed by atoms with Gasteiger partial charge in [-0.25, -0.2) is 4.79 Å². The van der Waals surface area contributed by atoms with E-state index >= 15 is 0 Å². The maximum atomic E-state index is 13.3. The first-order chi connectivity index (χ1) is 13.9. The Morgan fingerprint density at radius 1 is 1.00 bits per heavy atom. The number of fused-ring (bicyclic) bond motifs is 1. The molecule has 7 nitrogen and oxygen atoms in total. The summed E-state index contributed by atoms with van der Waals surface area (Å²) < 4.78 is 22.6. The van der Waals surface area contributed by atoms with Crippen molar-refractivity contribution in [2.24, 2.45) is 23.7 Å². The van der Waals surface area contributed by atoms with Crippen molar-refractivity contribution >= 4 is 17.9 Å². The molecule has 2 fully saturated rings. The molecule has 2 unspecified atom stereocenters. The SMILES string of the molecule is CCC1OC(=O)C(C)C[C@H](C)C[C@](C)(OC)C[C@@H](C)C(=O)[C@H](C)[C@H]2OC(=O)O[C@]12C. The highest BCUT2D eigenvalue weighted by Gasteiger charge is 2.58. The third-order valence-corrected chi connectivity index (χ3v) is 6.92. The van der Waals surface area contributed by atoms with E-state index in [0.29, 0.717) is 19.3 Å². The molecule has 0 radical (unpaired) electrons. The highest BCUT2D eigenvalue weighted by molar-refractivity contribution is 5.84. The first kappa shape index (κ1) is 24.6. The van der Waals surface area contributed by atoms with E-state index in [1.165, 1.54) is 0 Å². The van der Waals surface area contributed by atoms with Crippen LogP contribution in [0.15, 0.2) is 0 Å². The number of carbonyl (C=O) groups excluding carboxylic acids is 3. The van der Waals surface area contributed by atoms with Gasteiger partial charge in [-0.2, -0.15) is 0 Å². The molecule has 0 aromatic rings. The number of methoxy groups -OCH3 is 1. The molecule has 0 amide bonds. The quantitative estimate of drug-likeness (QED) is 0.608. The lowest BCUT2D eigenvalue weighted by Crippen LogP contribution is -2.54. The fourth-order valence-electron chi connectivity index (χ4n) is 5.31. The summed E-state index contributed by atoms with van der Waals surface area (Å²) in [4.78, 5) is 38.2. The van der Waals surface area contributed by atoms with E-state index in [0.717, 1.165) is 6.42 Å². The van der Waals surface area contributed by atoms with Gasteiger partial charge in [-0.3, -0.25) is 9.59 Å². The van der Waals surface area contributed by atoms with Gasteiger partial charge in [0.1, 0.15) is 11.9 Å². The molecule has 2 heterocycles. The van der Waals surface area contributed by atoms with Crippen LogP contribution in [0.2, 0.25) is 0 Å². The maximum Gasteiger partial charge on any atom is 0.509 e. The Kier molecular flexibility index (Phi) is 7.59. The van der Waals surface area contributed by atoms with E-state index in [9.17, 15) is 14.4 Å². The molecule has 0 aromatic heterocycles. The van der Waals surface area contributed by atoms with Crippen molar-refractivity contribution in [1.29, 1.82) is 0 Å². The Balaban J connectivity index is 2.46. The van der Waals surface area contributed by atoms with Gasteiger partial charge in [-0.1, -0.05) is 34.6 Å². The molecule has 0 bridgehead atoms. The van der Waals surface area contributed by atoms with Gasteiger partial charge in [-0.05, 0) is 45.4 Å². The second-order valence-electron chi connectivity index (χ2n) is 9.80. The third-order valence-electron chi connectivity index (χ3n) is 6.92. The first-order valence-electron chi connectivity index (χ1n) is 11.1. The van der Waals surface area contributed by atoms with E-state index in [1.54, 1.807) is 21.0 Å². The van der Waals surface area contributed by atoms with Crippen LogP contribution >= 0.6 is 0 Å². The minimum atomic E-state index is -1.23. The summed E-state index contributed by atoms with van der Waals surface area (Å²) in [6, 6.07) is 0. The van der Waals surface area contributed by atoms with Crippen LogP contribution < -0.4 is 0 Å². The number of hydrogen-bond acceptors (Lipinski definition) is 7. The zero-order valence-corrected chi connectivity index (χ0v) is 19.7. The lowest BCUT2D eigenvalue weighted by Gasteiger charge is -2.38. The summed E-state index contributed by atoms with van der Waals surface area (Å²) in [7, 11) is 1.66. The second-order valence-corrected chi connectivity index (χ2v) is 9.80. The van der Waals surface area contributed by atoms with Gasteiger partial charge in [0.15, 0.2) is 11.7 Å². The molecule has 7 heteroatoms. The Labute approximate surface area is 180 Å². The molecule has 172 valence electrons. The minimum Gasteiger partial charge on any atom is -0.458 e. The number of cyclic esters (lactones) is 1. The first-order valence-corrected chi connectivity index (χ1v) is 11.1. The van der Waals surface area contributed by atoms with Gasteiger partial charge < -0.3 is 18.9 Å². The van der Waals surface area contributed by atoms with Crippen LogP contribution in [0.3, 0.4) is 0 Å². The number of ether oxygens (including phenoxy) is 4. The zero-order chi connectivity index (χ0) is 22.9. The molecule has 2 rings (SSSR count). The topological polar surface area (TPSA) is 88.1 Å². The number of hydrogen-bond donors (Lipinski definition) is 0. The molecule has 2 aliphatic rings. The molecule has 0 spiro atoms. The fraction of sp³-hybridized carbons (Fsp3) is 0.870. The number of carbonyl (C=O) groups is 3. The van der Waals surface area contributed by atoms with E-state index in [-0.39, 0.29) is 29.5 Å². The van der Waals surface area contributed by atoms with Gasteiger partial charge in [0.25, 0.3) is 0 Å². The lowest BCUT2D eigenvalue weighted by molar-refractivity contribution is -0.171. The van der Waals surface area contributed by atoms with Crippen LogP contribution in [-0.4, -0.2) is 48.4 Å². The lowest BCUT2D eigenvalue weighted by atomic mass is 9.75. The average molecular weight is 427 g/mol. The predicted octanol–water partition coefficient (Wildman–Crippen LogP) is 4.30. The van der Waals surface area contributed by atoms with Crippen molar-refractivity contribution in [2.75, 3.05) is 7.11 Å². The van der Waals surface area contributed by atoms with Crippen molar-refractivity contribution in [3.05, 3.63) is 0 Å². The van der Waals surface area contributed by atoms with Crippen LogP contribution in [0.5, 0.6) is 0 Å². The smallest absolute Gasteiger partial charge is 0.458 e. The molecule has 0 aromatic carbocycles.